The molecule has 0 aliphatic carbocycles. The van der Waals surface area contributed by atoms with Crippen molar-refractivity contribution in [3.05, 3.63) is 0 Å². The van der Waals surface area contributed by atoms with Gasteiger partial charge < -0.3 is 0 Å². The van der Waals surface area contributed by atoms with Crippen molar-refractivity contribution in [1.29, 1.82) is 0 Å². The number of halogens is 3. The first-order valence-corrected chi connectivity index (χ1v) is 14.1. The quantitative estimate of drug-likeness (QED) is 0.620. The number of hydrogen-bond acceptors (Lipinski definition) is 0. The first-order valence-electron chi connectivity index (χ1n) is 2.48. The number of unbranched alkanes of at least 4 members (excludes halogenated alkanes) is 1. The van der Waals surface area contributed by atoms with Crippen molar-refractivity contribution in [2.75, 3.05) is 0 Å². The Morgan fingerprint density at radius 1 is 1.00 bits per heavy atom. The Hall–Kier alpha value is 2.15. The van der Waals surface area contributed by atoms with Gasteiger partial charge in [0.1, 0.15) is 0 Å². The summed E-state index contributed by atoms with van der Waals surface area (Å²) in [6, 6.07) is 0. The molecule has 0 aliphatic rings. The van der Waals surface area contributed by atoms with Gasteiger partial charge in [0.05, 0.1) is 0 Å². The van der Waals surface area contributed by atoms with Crippen molar-refractivity contribution >= 4 is 39.5 Å². The van der Waals surface area contributed by atoms with Gasteiger partial charge in [0, 0.05) is 0 Å². The van der Waals surface area contributed by atoms with E-state index in [0.717, 1.165) is 0 Å². The van der Waals surface area contributed by atoms with Crippen LogP contribution in [0.4, 0.5) is 0 Å². The molecule has 0 fully saturated rings. The van der Waals surface area contributed by atoms with Crippen molar-refractivity contribution in [2.24, 2.45) is 0 Å². The summed E-state index contributed by atoms with van der Waals surface area (Å²) in [7, 11) is 0. The maximum absolute atomic E-state index is 3.27. The van der Waals surface area contributed by atoms with E-state index in [9.17, 15) is 0 Å². The second kappa shape index (κ2) is 11.9. The van der Waals surface area contributed by atoms with Gasteiger partial charge in [-0.15, -0.1) is 0 Å². The van der Waals surface area contributed by atoms with Crippen LogP contribution in [0.5, 0.6) is 0 Å². The molecule has 0 saturated heterocycles. The topological polar surface area (TPSA) is 0 Å². The number of hydrogen-bond donors (Lipinski definition) is 0. The van der Waals surface area contributed by atoms with E-state index in [-0.39, 0.29) is 0 Å². The molecule has 0 aliphatic heterocycles. The molecule has 0 bridgehead atoms. The van der Waals surface area contributed by atoms with Gasteiger partial charge >= 0.3 is 51.1 Å². The van der Waals surface area contributed by atoms with Gasteiger partial charge in [0.2, 0.25) is 0 Å². The van der Waals surface area contributed by atoms with Gasteiger partial charge in [0.15, 0.2) is 0 Å². The summed E-state index contributed by atoms with van der Waals surface area (Å²) < 4.78 is 0. The van der Waals surface area contributed by atoms with Crippen LogP contribution >= 0.6 is 39.5 Å². The predicted octanol–water partition coefficient (Wildman–Crippen LogP) is 4.34. The zero-order valence-corrected chi connectivity index (χ0v) is 11.4. The molecule has 0 heterocycles. The van der Waals surface area contributed by atoms with Crippen LogP contribution < -0.4 is 0 Å². The summed E-state index contributed by atoms with van der Waals surface area (Å²) in [5, 5.41) is 0. The first-order chi connectivity index (χ1) is 3.65. The normalized spacial score (nSPS) is 7.12. The monoisotopic (exact) mass is 343 g/mol. The van der Waals surface area contributed by atoms with E-state index in [0.29, 0.717) is 0 Å². The summed E-state index contributed by atoms with van der Waals surface area (Å²) in [6.07, 6.45) is 2.64. The van der Waals surface area contributed by atoms with E-state index < -0.39 is 11.6 Å². The van der Waals surface area contributed by atoms with Crippen molar-refractivity contribution in [3.8, 4) is 0 Å². The molecule has 0 aromatic carbocycles. The fourth-order valence-electron chi connectivity index (χ4n) is 0. The Morgan fingerprint density at radius 3 is 1.12 bits per heavy atom. The molecule has 0 rings (SSSR count). The van der Waals surface area contributed by atoms with Crippen LogP contribution in [0.25, 0.3) is 0 Å². The van der Waals surface area contributed by atoms with Crippen molar-refractivity contribution in [2.45, 2.75) is 26.7 Å². The van der Waals surface area contributed by atoms with Gasteiger partial charge in [-0.25, -0.2) is 0 Å². The van der Waals surface area contributed by atoms with Gasteiger partial charge in [-0.2, -0.15) is 0 Å². The fraction of sp³-hybridized carbons (Fsp3) is 1.00. The third-order valence-corrected chi connectivity index (χ3v) is 0.500. The van der Waals surface area contributed by atoms with E-state index in [1.165, 1.54) is 12.8 Å². The van der Waals surface area contributed by atoms with Gasteiger partial charge in [-0.1, -0.05) is 26.7 Å². The molecule has 51 valence electrons. The van der Waals surface area contributed by atoms with Crippen LogP contribution in [0.1, 0.15) is 26.7 Å². The minimum absolute atomic E-state index is 0.896. The molecule has 0 aromatic rings. The summed E-state index contributed by atoms with van der Waals surface area (Å²) in [6.45, 7) is 4.36. The van der Waals surface area contributed by atoms with Gasteiger partial charge in [-0.3, -0.25) is 0 Å². The van der Waals surface area contributed by atoms with Crippen LogP contribution in [0, 0.1) is 0 Å². The van der Waals surface area contributed by atoms with Crippen molar-refractivity contribution in [3.63, 3.8) is 0 Å². The zero-order chi connectivity index (χ0) is 6.99. The van der Waals surface area contributed by atoms with Gasteiger partial charge in [0.25, 0.3) is 0 Å². The van der Waals surface area contributed by atoms with Crippen LogP contribution in [-0.4, -0.2) is 0 Å². The Labute approximate surface area is 76.8 Å². The second-order valence-corrected chi connectivity index (χ2v) is 24.9. The zero-order valence-electron chi connectivity index (χ0n) is 5.05. The summed E-state index contributed by atoms with van der Waals surface area (Å²) >= 11 is 8.92. The minimum atomic E-state index is -0.896. The van der Waals surface area contributed by atoms with E-state index >= 15 is 0 Å². The SMILES string of the molecule is CCCC.[Br][Ti]([Br])[Br]. The second-order valence-electron chi connectivity index (χ2n) is 1.21. The Bertz CT molecular complexity index is 27.7. The van der Waals surface area contributed by atoms with Gasteiger partial charge in [-0.05, 0) is 0 Å². The predicted molar refractivity (Wildman–Crippen MR) is 47.4 cm³/mol. The van der Waals surface area contributed by atoms with E-state index in [4.69, 9.17) is 0 Å². The first kappa shape index (κ1) is 12.8. The average Bonchev–Trinajstić information content (AvgIpc) is 1.65. The molecule has 0 amide bonds. The molecule has 0 unspecified atom stereocenters. The van der Waals surface area contributed by atoms with Crippen molar-refractivity contribution in [1.82, 2.24) is 0 Å². The molecule has 0 spiro atoms. The van der Waals surface area contributed by atoms with Crippen LogP contribution in [0.2, 0.25) is 0 Å². The maximum atomic E-state index is 3.27. The molecular weight excluding hydrogens is 336 g/mol. The van der Waals surface area contributed by atoms with Crippen LogP contribution in [0.3, 0.4) is 0 Å². The van der Waals surface area contributed by atoms with E-state index in [1.807, 2.05) is 0 Å². The van der Waals surface area contributed by atoms with Crippen molar-refractivity contribution < 1.29 is 11.6 Å². The summed E-state index contributed by atoms with van der Waals surface area (Å²) in [4.78, 5) is 0. The fourth-order valence-corrected chi connectivity index (χ4v) is 0. The molecule has 0 radical (unpaired) electrons. The summed E-state index contributed by atoms with van der Waals surface area (Å²) in [5.74, 6) is 0. The molecule has 0 aromatic heterocycles. The summed E-state index contributed by atoms with van der Waals surface area (Å²) in [5.41, 5.74) is 0. The van der Waals surface area contributed by atoms with Crippen LogP contribution in [-0.2, 0) is 11.6 Å². The third kappa shape index (κ3) is 41.9. The van der Waals surface area contributed by atoms with E-state index in [1.54, 1.807) is 0 Å². The van der Waals surface area contributed by atoms with Crippen LogP contribution in [0.15, 0.2) is 0 Å². The average molecular weight is 346 g/mol. The third-order valence-electron chi connectivity index (χ3n) is 0.500. The molecule has 8 heavy (non-hydrogen) atoms. The molecule has 0 nitrogen and oxygen atoms in total. The number of rotatable bonds is 1. The Morgan fingerprint density at radius 2 is 1.12 bits per heavy atom. The standard InChI is InChI=1S/C4H10.3BrH.Ti/c1-3-4-2;;;;/h3-4H2,1-2H3;3*1H;/q;;;;+3/p-3. The Balaban J connectivity index is 0. The molecule has 0 N–H and O–H groups in total. The molecule has 0 saturated carbocycles. The molecular formula is C4H10Br3Ti. The van der Waals surface area contributed by atoms with E-state index in [2.05, 4.69) is 53.3 Å². The molecule has 0 atom stereocenters. The Kier molecular flexibility index (Phi) is 19.0. The molecule has 4 heteroatoms.